The lowest BCUT2D eigenvalue weighted by Gasteiger charge is -2.22. The number of fused-ring (bicyclic) bond motifs is 1. The van der Waals surface area contributed by atoms with Crippen LogP contribution in [0.25, 0.3) is 0 Å². The highest BCUT2D eigenvalue weighted by atomic mass is 32.2. The van der Waals surface area contributed by atoms with Crippen LogP contribution in [0.15, 0.2) is 12.3 Å². The van der Waals surface area contributed by atoms with Crippen LogP contribution in [-0.2, 0) is 13.0 Å². The molecule has 1 aliphatic heterocycles. The van der Waals surface area contributed by atoms with Crippen molar-refractivity contribution in [3.63, 3.8) is 0 Å². The molecule has 1 aromatic heterocycles. The van der Waals surface area contributed by atoms with Crippen LogP contribution >= 0.6 is 11.8 Å². The summed E-state index contributed by atoms with van der Waals surface area (Å²) in [5.41, 5.74) is 9.09. The van der Waals surface area contributed by atoms with Crippen LogP contribution < -0.4 is 5.73 Å². The Balaban J connectivity index is 1.79. The maximum Gasteiger partial charge on any atom is 0.0312 e. The minimum atomic E-state index is 0.294. The molecule has 2 N–H and O–H groups in total. The quantitative estimate of drug-likeness (QED) is 0.855. The maximum atomic E-state index is 6.15. The van der Waals surface area contributed by atoms with E-state index in [0.717, 1.165) is 12.3 Å². The van der Waals surface area contributed by atoms with E-state index in [-0.39, 0.29) is 0 Å². The highest BCUT2D eigenvalue weighted by Crippen LogP contribution is 2.31. The molecule has 88 valence electrons. The van der Waals surface area contributed by atoms with Crippen LogP contribution in [0.2, 0.25) is 0 Å². The van der Waals surface area contributed by atoms with E-state index in [2.05, 4.69) is 28.6 Å². The molecule has 1 aliphatic carbocycles. The van der Waals surface area contributed by atoms with Crippen LogP contribution in [0.5, 0.6) is 0 Å². The Morgan fingerprint density at radius 3 is 3.19 bits per heavy atom. The molecule has 3 rings (SSSR count). The number of aromatic nitrogens is 1. The van der Waals surface area contributed by atoms with Crippen molar-refractivity contribution in [2.45, 2.75) is 38.3 Å². The van der Waals surface area contributed by atoms with Gasteiger partial charge in [-0.05, 0) is 54.7 Å². The van der Waals surface area contributed by atoms with E-state index in [9.17, 15) is 0 Å². The molecule has 2 aliphatic rings. The summed E-state index contributed by atoms with van der Waals surface area (Å²) in [5.74, 6) is 3.59. The van der Waals surface area contributed by atoms with Crippen LogP contribution in [0, 0.1) is 5.92 Å². The molecule has 0 aromatic carbocycles. The molecule has 1 fully saturated rings. The predicted molar refractivity (Wildman–Crippen MR) is 69.7 cm³/mol. The number of hydrogen-bond acceptors (Lipinski definition) is 2. The van der Waals surface area contributed by atoms with Crippen molar-refractivity contribution in [2.24, 2.45) is 11.7 Å². The van der Waals surface area contributed by atoms with Crippen molar-refractivity contribution in [2.75, 3.05) is 11.5 Å². The zero-order valence-corrected chi connectivity index (χ0v) is 10.5. The van der Waals surface area contributed by atoms with E-state index in [1.54, 1.807) is 0 Å². The van der Waals surface area contributed by atoms with E-state index in [0.29, 0.717) is 6.04 Å². The summed E-state index contributed by atoms with van der Waals surface area (Å²) in [7, 11) is 0. The molecular weight excluding hydrogens is 216 g/mol. The minimum Gasteiger partial charge on any atom is -0.351 e. The second-order valence-corrected chi connectivity index (χ2v) is 6.25. The van der Waals surface area contributed by atoms with Gasteiger partial charge in [-0.1, -0.05) is 0 Å². The zero-order chi connectivity index (χ0) is 11.0. The first-order chi connectivity index (χ1) is 7.84. The standard InChI is InChI=1S/C13H20N2S/c14-12-2-1-3-13-11(12)4-6-15(13)8-10-5-7-16-9-10/h4,6,10,12H,1-3,5,7-9,14H2. The first kappa shape index (κ1) is 10.7. The van der Waals surface area contributed by atoms with Crippen LogP contribution in [0.4, 0.5) is 0 Å². The first-order valence-corrected chi connectivity index (χ1v) is 7.51. The van der Waals surface area contributed by atoms with E-state index < -0.39 is 0 Å². The Hall–Kier alpha value is -0.410. The van der Waals surface area contributed by atoms with Crippen molar-refractivity contribution in [3.8, 4) is 0 Å². The molecule has 2 nitrogen and oxygen atoms in total. The summed E-state index contributed by atoms with van der Waals surface area (Å²) in [6.45, 7) is 1.22. The third kappa shape index (κ3) is 1.91. The highest BCUT2D eigenvalue weighted by molar-refractivity contribution is 7.99. The Labute approximate surface area is 102 Å². The number of nitrogens with zero attached hydrogens (tertiary/aromatic N) is 1. The topological polar surface area (TPSA) is 30.9 Å². The van der Waals surface area contributed by atoms with Gasteiger partial charge in [0, 0.05) is 24.5 Å². The molecule has 3 heteroatoms. The molecule has 0 radical (unpaired) electrons. The van der Waals surface area contributed by atoms with Gasteiger partial charge < -0.3 is 10.3 Å². The van der Waals surface area contributed by atoms with Crippen LogP contribution in [-0.4, -0.2) is 16.1 Å². The minimum absolute atomic E-state index is 0.294. The Morgan fingerprint density at radius 1 is 1.44 bits per heavy atom. The van der Waals surface area contributed by atoms with Crippen molar-refractivity contribution >= 4 is 11.8 Å². The summed E-state index contributed by atoms with van der Waals surface area (Å²) in [6.07, 6.45) is 7.31. The number of thioether (sulfide) groups is 1. The second kappa shape index (κ2) is 4.46. The van der Waals surface area contributed by atoms with Gasteiger partial charge in [-0.25, -0.2) is 0 Å². The van der Waals surface area contributed by atoms with Crippen molar-refractivity contribution in [3.05, 3.63) is 23.5 Å². The molecule has 2 atom stereocenters. The van der Waals surface area contributed by atoms with Gasteiger partial charge >= 0.3 is 0 Å². The molecule has 0 bridgehead atoms. The van der Waals surface area contributed by atoms with Crippen LogP contribution in [0.3, 0.4) is 0 Å². The van der Waals surface area contributed by atoms with Crippen molar-refractivity contribution < 1.29 is 0 Å². The van der Waals surface area contributed by atoms with Gasteiger partial charge in [-0.3, -0.25) is 0 Å². The molecule has 2 heterocycles. The Kier molecular flexibility index (Phi) is 2.99. The fourth-order valence-electron chi connectivity index (χ4n) is 2.97. The number of nitrogens with two attached hydrogens (primary N) is 1. The number of hydrogen-bond donors (Lipinski definition) is 1. The van der Waals surface area contributed by atoms with Gasteiger partial charge in [-0.15, -0.1) is 0 Å². The van der Waals surface area contributed by atoms with E-state index in [4.69, 9.17) is 5.73 Å². The summed E-state index contributed by atoms with van der Waals surface area (Å²) in [4.78, 5) is 0. The summed E-state index contributed by atoms with van der Waals surface area (Å²) in [6, 6.07) is 2.55. The van der Waals surface area contributed by atoms with E-state index >= 15 is 0 Å². The van der Waals surface area contributed by atoms with Gasteiger partial charge in [0.05, 0.1) is 0 Å². The van der Waals surface area contributed by atoms with Crippen LogP contribution in [0.1, 0.15) is 36.6 Å². The summed E-state index contributed by atoms with van der Waals surface area (Å²) >= 11 is 2.10. The SMILES string of the molecule is NC1CCCc2c1ccn2CC1CCSC1. The maximum absolute atomic E-state index is 6.15. The van der Waals surface area contributed by atoms with Gasteiger partial charge in [-0.2, -0.15) is 11.8 Å². The van der Waals surface area contributed by atoms with Crippen molar-refractivity contribution in [1.29, 1.82) is 0 Å². The lowest BCUT2D eigenvalue weighted by Crippen LogP contribution is -2.19. The third-order valence-corrected chi connectivity index (χ3v) is 5.15. The predicted octanol–water partition coefficient (Wildman–Crippen LogP) is 2.58. The molecule has 2 unspecified atom stereocenters. The van der Waals surface area contributed by atoms with Gasteiger partial charge in [0.25, 0.3) is 0 Å². The monoisotopic (exact) mass is 236 g/mol. The second-order valence-electron chi connectivity index (χ2n) is 5.10. The lowest BCUT2D eigenvalue weighted by atomic mass is 9.93. The Morgan fingerprint density at radius 2 is 2.38 bits per heavy atom. The first-order valence-electron chi connectivity index (χ1n) is 6.36. The smallest absolute Gasteiger partial charge is 0.0312 e. The molecule has 0 spiro atoms. The lowest BCUT2D eigenvalue weighted by molar-refractivity contribution is 0.466. The summed E-state index contributed by atoms with van der Waals surface area (Å²) in [5, 5.41) is 0. The molecule has 1 aromatic rings. The fourth-order valence-corrected chi connectivity index (χ4v) is 4.24. The third-order valence-electron chi connectivity index (χ3n) is 3.92. The van der Waals surface area contributed by atoms with Gasteiger partial charge in [0.1, 0.15) is 0 Å². The molecular formula is C13H20N2S. The average molecular weight is 236 g/mol. The highest BCUT2D eigenvalue weighted by Gasteiger charge is 2.22. The average Bonchev–Trinajstić information content (AvgIpc) is 2.90. The normalized spacial score (nSPS) is 29.3. The zero-order valence-electron chi connectivity index (χ0n) is 9.69. The largest absolute Gasteiger partial charge is 0.351 e. The van der Waals surface area contributed by atoms with Crippen molar-refractivity contribution in [1.82, 2.24) is 4.57 Å². The molecule has 0 saturated carbocycles. The van der Waals surface area contributed by atoms with Gasteiger partial charge in [0.2, 0.25) is 0 Å². The Bertz CT molecular complexity index is 366. The van der Waals surface area contributed by atoms with Gasteiger partial charge in [0.15, 0.2) is 0 Å². The number of rotatable bonds is 2. The fraction of sp³-hybridized carbons (Fsp3) is 0.692. The molecule has 16 heavy (non-hydrogen) atoms. The molecule has 0 amide bonds. The van der Waals surface area contributed by atoms with E-state index in [1.807, 2.05) is 0 Å². The summed E-state index contributed by atoms with van der Waals surface area (Å²) < 4.78 is 2.48. The molecule has 1 saturated heterocycles. The van der Waals surface area contributed by atoms with E-state index in [1.165, 1.54) is 48.6 Å².